The first-order chi connectivity index (χ1) is 13.6. The van der Waals surface area contributed by atoms with Gasteiger partial charge in [0.2, 0.25) is 5.91 Å². The fraction of sp³-hybridized carbons (Fsp3) is 0.364. The topological polar surface area (TPSA) is 70.7 Å². The predicted octanol–water partition coefficient (Wildman–Crippen LogP) is 3.30. The molecule has 0 aliphatic carbocycles. The van der Waals surface area contributed by atoms with Gasteiger partial charge in [0.1, 0.15) is 5.75 Å². The highest BCUT2D eigenvalue weighted by atomic mass is 16.5. The minimum absolute atomic E-state index is 0.146. The van der Waals surface area contributed by atoms with Crippen LogP contribution in [0.25, 0.3) is 0 Å². The molecule has 1 fully saturated rings. The Hall–Kier alpha value is -3.02. The summed E-state index contributed by atoms with van der Waals surface area (Å²) in [5.74, 6) is 1.21. The fourth-order valence-electron chi connectivity index (χ4n) is 3.32. The molecule has 1 heterocycles. The molecule has 1 unspecified atom stereocenters. The van der Waals surface area contributed by atoms with Crippen molar-refractivity contribution in [1.29, 1.82) is 0 Å². The van der Waals surface area contributed by atoms with Crippen LogP contribution in [0, 0.1) is 5.92 Å². The maximum atomic E-state index is 12.4. The van der Waals surface area contributed by atoms with E-state index in [0.717, 1.165) is 24.3 Å². The Kier molecular flexibility index (Phi) is 6.89. The summed E-state index contributed by atoms with van der Waals surface area (Å²) in [6, 6.07) is 16.8. The number of hydrogen-bond donors (Lipinski definition) is 2. The quantitative estimate of drug-likeness (QED) is 0.773. The maximum absolute atomic E-state index is 12.4. The molecule has 6 nitrogen and oxygen atoms in total. The normalized spacial score (nSPS) is 15.9. The number of likely N-dealkylation sites (tertiary alicyclic amines) is 1. The number of hydrogen-bond acceptors (Lipinski definition) is 3. The highest BCUT2D eigenvalue weighted by Crippen LogP contribution is 2.18. The smallest absolute Gasteiger partial charge is 0.319 e. The highest BCUT2D eigenvalue weighted by molar-refractivity contribution is 5.89. The van der Waals surface area contributed by atoms with E-state index >= 15 is 0 Å². The van der Waals surface area contributed by atoms with Crippen LogP contribution in [0.1, 0.15) is 18.9 Å². The highest BCUT2D eigenvalue weighted by Gasteiger charge is 2.26. The summed E-state index contributed by atoms with van der Waals surface area (Å²) >= 11 is 0. The van der Waals surface area contributed by atoms with Crippen LogP contribution in [0.4, 0.5) is 10.5 Å². The fourth-order valence-corrected chi connectivity index (χ4v) is 3.32. The third-order valence-corrected chi connectivity index (χ3v) is 4.81. The zero-order valence-corrected chi connectivity index (χ0v) is 16.2. The van der Waals surface area contributed by atoms with Crippen LogP contribution in [0.5, 0.6) is 5.75 Å². The zero-order chi connectivity index (χ0) is 19.8. The largest absolute Gasteiger partial charge is 0.494 e. The molecule has 0 bridgehead atoms. The van der Waals surface area contributed by atoms with Gasteiger partial charge >= 0.3 is 6.03 Å². The number of carbonyl (C=O) groups is 2. The van der Waals surface area contributed by atoms with Gasteiger partial charge in [0.15, 0.2) is 0 Å². The summed E-state index contributed by atoms with van der Waals surface area (Å²) in [4.78, 5) is 26.4. The maximum Gasteiger partial charge on any atom is 0.319 e. The number of anilines is 1. The average molecular weight is 381 g/mol. The Morgan fingerprint density at radius 2 is 1.86 bits per heavy atom. The lowest BCUT2D eigenvalue weighted by atomic mass is 10.1. The lowest BCUT2D eigenvalue weighted by Crippen LogP contribution is -2.35. The van der Waals surface area contributed by atoms with E-state index in [2.05, 4.69) is 10.6 Å². The van der Waals surface area contributed by atoms with Gasteiger partial charge in [-0.3, -0.25) is 4.79 Å². The minimum Gasteiger partial charge on any atom is -0.494 e. The number of urea groups is 1. The number of ether oxygens (including phenoxy) is 1. The number of amides is 3. The number of rotatable bonds is 7. The molecule has 6 heteroatoms. The molecular formula is C22H27N3O3. The van der Waals surface area contributed by atoms with Crippen molar-refractivity contribution in [1.82, 2.24) is 10.2 Å². The van der Waals surface area contributed by atoms with Crippen molar-refractivity contribution >= 4 is 17.6 Å². The summed E-state index contributed by atoms with van der Waals surface area (Å²) in [5, 5.41) is 5.72. The molecule has 0 saturated carbocycles. The van der Waals surface area contributed by atoms with Crippen molar-refractivity contribution in [3.8, 4) is 5.75 Å². The Morgan fingerprint density at radius 3 is 2.57 bits per heavy atom. The second-order valence-electron chi connectivity index (χ2n) is 6.95. The average Bonchev–Trinajstić information content (AvgIpc) is 3.18. The molecule has 1 atom stereocenters. The minimum atomic E-state index is -0.238. The van der Waals surface area contributed by atoms with Crippen LogP contribution in [-0.2, 0) is 11.2 Å². The van der Waals surface area contributed by atoms with Gasteiger partial charge in [-0.15, -0.1) is 0 Å². The van der Waals surface area contributed by atoms with Crippen LogP contribution in [-0.4, -0.2) is 43.1 Å². The number of carbonyl (C=O) groups excluding carboxylic acids is 2. The molecule has 0 spiro atoms. The van der Waals surface area contributed by atoms with E-state index in [-0.39, 0.29) is 17.9 Å². The Morgan fingerprint density at radius 1 is 1.11 bits per heavy atom. The van der Waals surface area contributed by atoms with Crippen molar-refractivity contribution in [2.75, 3.05) is 31.6 Å². The molecule has 1 aliphatic rings. The van der Waals surface area contributed by atoms with Crippen molar-refractivity contribution < 1.29 is 14.3 Å². The summed E-state index contributed by atoms with van der Waals surface area (Å²) in [7, 11) is 0. The van der Waals surface area contributed by atoms with E-state index in [9.17, 15) is 9.59 Å². The van der Waals surface area contributed by atoms with Gasteiger partial charge in [-0.25, -0.2) is 4.79 Å². The van der Waals surface area contributed by atoms with Gasteiger partial charge in [0, 0.05) is 25.3 Å². The first-order valence-corrected chi connectivity index (χ1v) is 9.73. The van der Waals surface area contributed by atoms with E-state index in [0.29, 0.717) is 31.8 Å². The van der Waals surface area contributed by atoms with Crippen LogP contribution in [0.3, 0.4) is 0 Å². The molecule has 2 aromatic carbocycles. The molecule has 1 saturated heterocycles. The number of nitrogens with one attached hydrogen (secondary N) is 2. The van der Waals surface area contributed by atoms with Crippen molar-refractivity contribution in [3.05, 3.63) is 60.2 Å². The first-order valence-electron chi connectivity index (χ1n) is 9.73. The second-order valence-corrected chi connectivity index (χ2v) is 6.95. The molecule has 28 heavy (non-hydrogen) atoms. The van der Waals surface area contributed by atoms with Gasteiger partial charge in [-0.2, -0.15) is 0 Å². The summed E-state index contributed by atoms with van der Waals surface area (Å²) in [6.07, 6.45) is 1.34. The molecule has 1 aliphatic heterocycles. The number of benzene rings is 2. The van der Waals surface area contributed by atoms with Crippen molar-refractivity contribution in [2.24, 2.45) is 5.92 Å². The molecule has 148 valence electrons. The SMILES string of the molecule is CCOc1ccc(NC(=O)NCC2CCN(C(=O)Cc3ccccc3)C2)cc1. The van der Waals surface area contributed by atoms with Gasteiger partial charge < -0.3 is 20.3 Å². The molecule has 0 radical (unpaired) electrons. The first kappa shape index (κ1) is 19.7. The molecule has 3 rings (SSSR count). The predicted molar refractivity (Wildman–Crippen MR) is 109 cm³/mol. The molecule has 2 aromatic rings. The molecule has 2 N–H and O–H groups in total. The lowest BCUT2D eigenvalue weighted by molar-refractivity contribution is -0.129. The Bertz CT molecular complexity index is 777. The molecule has 0 aromatic heterocycles. The summed E-state index contributed by atoms with van der Waals surface area (Å²) in [5.41, 5.74) is 1.75. The van der Waals surface area contributed by atoms with Crippen LogP contribution in [0.15, 0.2) is 54.6 Å². The van der Waals surface area contributed by atoms with E-state index < -0.39 is 0 Å². The van der Waals surface area contributed by atoms with Gasteiger partial charge in [0.25, 0.3) is 0 Å². The third kappa shape index (κ3) is 5.74. The van der Waals surface area contributed by atoms with Crippen LogP contribution < -0.4 is 15.4 Å². The van der Waals surface area contributed by atoms with Gasteiger partial charge in [0.05, 0.1) is 13.0 Å². The van der Waals surface area contributed by atoms with E-state index in [1.807, 2.05) is 66.4 Å². The third-order valence-electron chi connectivity index (χ3n) is 4.81. The van der Waals surface area contributed by atoms with Gasteiger partial charge in [-0.05, 0) is 49.1 Å². The second kappa shape index (κ2) is 9.78. The molecular weight excluding hydrogens is 354 g/mol. The van der Waals surface area contributed by atoms with Crippen molar-refractivity contribution in [3.63, 3.8) is 0 Å². The Labute approximate surface area is 165 Å². The van der Waals surface area contributed by atoms with E-state index in [1.54, 1.807) is 0 Å². The summed E-state index contributed by atoms with van der Waals surface area (Å²) < 4.78 is 5.39. The summed E-state index contributed by atoms with van der Waals surface area (Å²) in [6.45, 7) is 4.53. The van der Waals surface area contributed by atoms with Crippen molar-refractivity contribution in [2.45, 2.75) is 19.8 Å². The standard InChI is InChI=1S/C22H27N3O3/c1-2-28-20-10-8-19(9-11-20)24-22(27)23-15-18-12-13-25(16-18)21(26)14-17-6-4-3-5-7-17/h3-11,18H,2,12-16H2,1H3,(H2,23,24,27). The van der Waals surface area contributed by atoms with E-state index in [1.165, 1.54) is 0 Å². The van der Waals surface area contributed by atoms with Crippen LogP contribution in [0.2, 0.25) is 0 Å². The van der Waals surface area contributed by atoms with Crippen LogP contribution >= 0.6 is 0 Å². The van der Waals surface area contributed by atoms with E-state index in [4.69, 9.17) is 4.74 Å². The molecule has 3 amide bonds. The monoisotopic (exact) mass is 381 g/mol. The lowest BCUT2D eigenvalue weighted by Gasteiger charge is -2.17. The Balaban J connectivity index is 1.39. The number of nitrogens with zero attached hydrogens (tertiary/aromatic N) is 1. The van der Waals surface area contributed by atoms with Gasteiger partial charge in [-0.1, -0.05) is 30.3 Å². The zero-order valence-electron chi connectivity index (χ0n) is 16.2.